The topological polar surface area (TPSA) is 63.2 Å². The molecule has 0 saturated carbocycles. The van der Waals surface area contributed by atoms with Crippen LogP contribution in [0.1, 0.15) is 21.5 Å². The van der Waals surface area contributed by atoms with Crippen molar-refractivity contribution in [1.29, 1.82) is 0 Å². The van der Waals surface area contributed by atoms with Gasteiger partial charge in [-0.25, -0.2) is 4.39 Å². The molecule has 0 atom stereocenters. The smallest absolute Gasteiger partial charge is 0.231 e. The van der Waals surface area contributed by atoms with Crippen LogP contribution in [0.4, 0.5) is 4.39 Å². The first-order chi connectivity index (χ1) is 15.5. The maximum Gasteiger partial charge on any atom is 0.231 e. The lowest BCUT2D eigenvalue weighted by molar-refractivity contribution is 0.101. The van der Waals surface area contributed by atoms with Gasteiger partial charge in [0.1, 0.15) is 23.9 Å². The first-order valence-corrected chi connectivity index (χ1v) is 9.78. The van der Waals surface area contributed by atoms with Crippen LogP contribution in [0.3, 0.4) is 0 Å². The molecule has 0 bridgehead atoms. The van der Waals surface area contributed by atoms with E-state index in [1.165, 1.54) is 33.5 Å². The van der Waals surface area contributed by atoms with Gasteiger partial charge in [-0.05, 0) is 53.6 Å². The van der Waals surface area contributed by atoms with Gasteiger partial charge in [0.2, 0.25) is 11.5 Å². The second kappa shape index (κ2) is 9.01. The molecule has 164 valence electrons. The summed E-state index contributed by atoms with van der Waals surface area (Å²) in [7, 11) is 4.56. The van der Waals surface area contributed by atoms with Crippen molar-refractivity contribution in [1.82, 2.24) is 0 Å². The highest BCUT2D eigenvalue weighted by Gasteiger charge is 2.28. The van der Waals surface area contributed by atoms with Crippen molar-refractivity contribution in [2.75, 3.05) is 21.3 Å². The number of Topliss-reactive ketones (excluding diaryl/α,β-unsaturated/α-hetero) is 1. The molecule has 0 amide bonds. The fourth-order valence-electron chi connectivity index (χ4n) is 3.39. The van der Waals surface area contributed by atoms with Crippen molar-refractivity contribution in [2.24, 2.45) is 0 Å². The van der Waals surface area contributed by atoms with E-state index in [1.54, 1.807) is 48.5 Å². The summed E-state index contributed by atoms with van der Waals surface area (Å²) in [4.78, 5) is 12.8. The number of hydrogen-bond acceptors (Lipinski definition) is 6. The number of ether oxygens (including phenoxy) is 5. The molecule has 0 saturated heterocycles. The van der Waals surface area contributed by atoms with Gasteiger partial charge >= 0.3 is 0 Å². The van der Waals surface area contributed by atoms with Crippen molar-refractivity contribution >= 4 is 11.9 Å². The van der Waals surface area contributed by atoms with Crippen molar-refractivity contribution in [3.8, 4) is 28.7 Å². The maximum absolute atomic E-state index is 13.3. The number of rotatable bonds is 7. The molecule has 3 aromatic rings. The summed E-state index contributed by atoms with van der Waals surface area (Å²) < 4.78 is 40.9. The molecule has 0 aromatic heterocycles. The fraction of sp³-hybridized carbons (Fsp3) is 0.160. The zero-order chi connectivity index (χ0) is 22.7. The lowest BCUT2D eigenvalue weighted by Crippen LogP contribution is -1.99. The van der Waals surface area contributed by atoms with Crippen LogP contribution in [0.25, 0.3) is 6.08 Å². The molecular formula is C25H21FO6. The number of allylic oxidation sites excluding steroid dienone is 1. The predicted molar refractivity (Wildman–Crippen MR) is 116 cm³/mol. The van der Waals surface area contributed by atoms with Crippen molar-refractivity contribution in [2.45, 2.75) is 6.61 Å². The van der Waals surface area contributed by atoms with Crippen molar-refractivity contribution < 1.29 is 32.9 Å². The van der Waals surface area contributed by atoms with Gasteiger partial charge < -0.3 is 23.7 Å². The molecule has 4 rings (SSSR count). The molecule has 32 heavy (non-hydrogen) atoms. The van der Waals surface area contributed by atoms with Crippen molar-refractivity contribution in [3.05, 3.63) is 82.9 Å². The number of hydrogen-bond donors (Lipinski definition) is 0. The summed E-state index contributed by atoms with van der Waals surface area (Å²) in [5.41, 5.74) is 1.78. The number of halogens is 1. The quantitative estimate of drug-likeness (QED) is 0.483. The Kier molecular flexibility index (Phi) is 5.98. The largest absolute Gasteiger partial charge is 0.493 e. The summed E-state index contributed by atoms with van der Waals surface area (Å²) >= 11 is 0. The third-order valence-electron chi connectivity index (χ3n) is 4.92. The van der Waals surface area contributed by atoms with Crippen LogP contribution in [-0.4, -0.2) is 27.1 Å². The molecular weight excluding hydrogens is 415 g/mol. The number of fused-ring (bicyclic) bond motifs is 1. The second-order valence-electron chi connectivity index (χ2n) is 6.98. The summed E-state index contributed by atoms with van der Waals surface area (Å²) in [5.74, 6) is 1.89. The van der Waals surface area contributed by atoms with E-state index in [9.17, 15) is 9.18 Å². The van der Waals surface area contributed by atoms with E-state index in [4.69, 9.17) is 23.7 Å². The van der Waals surface area contributed by atoms with E-state index >= 15 is 0 Å². The molecule has 0 spiro atoms. The van der Waals surface area contributed by atoms with Gasteiger partial charge in [-0.15, -0.1) is 0 Å². The lowest BCUT2D eigenvalue weighted by Gasteiger charge is -2.13. The van der Waals surface area contributed by atoms with Gasteiger partial charge in [0.25, 0.3) is 0 Å². The third kappa shape index (κ3) is 4.23. The number of ketones is 1. The molecule has 0 N–H and O–H groups in total. The van der Waals surface area contributed by atoms with E-state index < -0.39 is 0 Å². The first kappa shape index (κ1) is 21.2. The minimum Gasteiger partial charge on any atom is -0.493 e. The van der Waals surface area contributed by atoms with Gasteiger partial charge in [-0.2, -0.15) is 0 Å². The van der Waals surface area contributed by atoms with E-state index in [0.717, 1.165) is 0 Å². The number of carbonyl (C=O) groups excluding carboxylic acids is 1. The predicted octanol–water partition coefficient (Wildman–Crippen LogP) is 5.05. The molecule has 3 aromatic carbocycles. The molecule has 6 nitrogen and oxygen atoms in total. The minimum atomic E-state index is -0.324. The SMILES string of the molecule is COc1cc(/C=C2\Oc3cc(OCc4cccc(F)c4)ccc3C2=O)cc(OC)c1OC. The summed E-state index contributed by atoms with van der Waals surface area (Å²) in [6.07, 6.45) is 1.61. The summed E-state index contributed by atoms with van der Waals surface area (Å²) in [5, 5.41) is 0. The number of methoxy groups -OCH3 is 3. The van der Waals surface area contributed by atoms with Crippen LogP contribution < -0.4 is 23.7 Å². The van der Waals surface area contributed by atoms with Gasteiger partial charge in [0.05, 0.1) is 26.9 Å². The Labute approximate surface area is 184 Å². The summed E-state index contributed by atoms with van der Waals surface area (Å²) in [6, 6.07) is 14.6. The van der Waals surface area contributed by atoms with E-state index in [-0.39, 0.29) is 24.0 Å². The summed E-state index contributed by atoms with van der Waals surface area (Å²) in [6.45, 7) is 0.193. The Morgan fingerprint density at radius 2 is 1.69 bits per heavy atom. The molecule has 1 heterocycles. The van der Waals surface area contributed by atoms with Gasteiger partial charge in [-0.3, -0.25) is 4.79 Å². The standard InChI is InChI=1S/C25H21FO6/c1-28-22-11-16(12-23(29-2)25(22)30-3)10-21-24(27)19-8-7-18(13-20(19)32-21)31-14-15-5-4-6-17(26)9-15/h4-13H,14H2,1-3H3/b21-10-. The average molecular weight is 436 g/mol. The highest BCUT2D eigenvalue weighted by atomic mass is 19.1. The molecule has 1 aliphatic heterocycles. The number of benzene rings is 3. The average Bonchev–Trinajstić information content (AvgIpc) is 3.11. The maximum atomic E-state index is 13.3. The van der Waals surface area contributed by atoms with Gasteiger partial charge in [0.15, 0.2) is 17.3 Å². The van der Waals surface area contributed by atoms with Crippen LogP contribution in [-0.2, 0) is 6.61 Å². The minimum absolute atomic E-state index is 0.163. The molecule has 0 aliphatic carbocycles. The second-order valence-corrected chi connectivity index (χ2v) is 6.98. The van der Waals surface area contributed by atoms with Crippen LogP contribution in [0.15, 0.2) is 60.4 Å². The van der Waals surface area contributed by atoms with Gasteiger partial charge in [0, 0.05) is 6.07 Å². The van der Waals surface area contributed by atoms with Crippen LogP contribution in [0.2, 0.25) is 0 Å². The van der Waals surface area contributed by atoms with E-state index in [1.807, 2.05) is 0 Å². The van der Waals surface area contributed by atoms with Crippen LogP contribution in [0, 0.1) is 5.82 Å². The zero-order valence-electron chi connectivity index (χ0n) is 17.8. The Morgan fingerprint density at radius 3 is 2.34 bits per heavy atom. The fourth-order valence-corrected chi connectivity index (χ4v) is 3.39. The molecule has 0 unspecified atom stereocenters. The zero-order valence-corrected chi connectivity index (χ0v) is 17.8. The molecule has 0 radical (unpaired) electrons. The highest BCUT2D eigenvalue weighted by Crippen LogP contribution is 2.40. The lowest BCUT2D eigenvalue weighted by atomic mass is 10.1. The number of carbonyl (C=O) groups is 1. The highest BCUT2D eigenvalue weighted by molar-refractivity contribution is 6.14. The third-order valence-corrected chi connectivity index (χ3v) is 4.92. The van der Waals surface area contributed by atoms with Crippen LogP contribution >= 0.6 is 0 Å². The Balaban J connectivity index is 1.56. The van der Waals surface area contributed by atoms with Gasteiger partial charge in [-0.1, -0.05) is 12.1 Å². The molecule has 1 aliphatic rings. The molecule has 0 fully saturated rings. The van der Waals surface area contributed by atoms with E-state index in [0.29, 0.717) is 45.4 Å². The first-order valence-electron chi connectivity index (χ1n) is 9.78. The monoisotopic (exact) mass is 436 g/mol. The Morgan fingerprint density at radius 1 is 0.938 bits per heavy atom. The van der Waals surface area contributed by atoms with Crippen molar-refractivity contribution in [3.63, 3.8) is 0 Å². The van der Waals surface area contributed by atoms with E-state index in [2.05, 4.69) is 0 Å². The van der Waals surface area contributed by atoms with Crippen LogP contribution in [0.5, 0.6) is 28.7 Å². The Bertz CT molecular complexity index is 1180. The Hall–Kier alpha value is -4.00. The normalized spacial score (nSPS) is 13.5. The molecule has 7 heteroatoms.